The van der Waals surface area contributed by atoms with Crippen molar-refractivity contribution in [3.8, 4) is 0 Å². The van der Waals surface area contributed by atoms with Crippen LogP contribution >= 0.6 is 0 Å². The van der Waals surface area contributed by atoms with Gasteiger partial charge in [0.15, 0.2) is 5.96 Å². The lowest BCUT2D eigenvalue weighted by atomic mass is 10.0. The van der Waals surface area contributed by atoms with Gasteiger partial charge < -0.3 is 19.6 Å². The van der Waals surface area contributed by atoms with Crippen molar-refractivity contribution >= 4 is 5.96 Å². The predicted octanol–water partition coefficient (Wildman–Crippen LogP) is 1.88. The Labute approximate surface area is 163 Å². The number of unbranched alkanes of at least 4 members (excludes halogenated alkanes) is 1. The molecule has 7 nitrogen and oxygen atoms in total. The highest BCUT2D eigenvalue weighted by molar-refractivity contribution is 5.79. The van der Waals surface area contributed by atoms with E-state index in [0.29, 0.717) is 0 Å². The zero-order valence-corrected chi connectivity index (χ0v) is 17.1. The fourth-order valence-electron chi connectivity index (χ4n) is 4.15. The van der Waals surface area contributed by atoms with Crippen LogP contribution in [0.3, 0.4) is 0 Å². The van der Waals surface area contributed by atoms with Crippen LogP contribution in [0.1, 0.15) is 38.3 Å². The maximum absolute atomic E-state index is 4.92. The van der Waals surface area contributed by atoms with Gasteiger partial charge in [-0.05, 0) is 44.7 Å². The number of nitrogens with zero attached hydrogens (tertiary/aromatic N) is 5. The number of rotatable bonds is 7. The van der Waals surface area contributed by atoms with Crippen molar-refractivity contribution in [2.45, 2.75) is 39.2 Å². The van der Waals surface area contributed by atoms with Gasteiger partial charge in [-0.3, -0.25) is 9.89 Å². The van der Waals surface area contributed by atoms with Gasteiger partial charge in [0, 0.05) is 58.9 Å². The molecule has 1 aromatic rings. The first-order chi connectivity index (χ1) is 13.2. The molecule has 1 atom stereocenters. The second-order valence-corrected chi connectivity index (χ2v) is 7.98. The third-order valence-electron chi connectivity index (χ3n) is 5.69. The number of piperazine rings is 1. The van der Waals surface area contributed by atoms with Crippen LogP contribution < -0.4 is 5.32 Å². The summed E-state index contributed by atoms with van der Waals surface area (Å²) in [7, 11) is 1.89. The molecule has 0 aromatic carbocycles. The minimum absolute atomic E-state index is 0.867. The van der Waals surface area contributed by atoms with E-state index in [4.69, 9.17) is 4.52 Å². The summed E-state index contributed by atoms with van der Waals surface area (Å²) in [6.45, 7) is 12.1. The van der Waals surface area contributed by atoms with E-state index in [9.17, 15) is 0 Å². The molecule has 0 amide bonds. The first-order valence-corrected chi connectivity index (χ1v) is 10.5. The van der Waals surface area contributed by atoms with Gasteiger partial charge in [0.2, 0.25) is 0 Å². The SMILES string of the molecule is CN=C(NCCCCN1CCCC(C)C1)N1CCN(Cc2ccon2)CC1. The summed E-state index contributed by atoms with van der Waals surface area (Å²) in [5.74, 6) is 1.92. The third-order valence-corrected chi connectivity index (χ3v) is 5.69. The molecule has 7 heteroatoms. The van der Waals surface area contributed by atoms with E-state index in [1.165, 1.54) is 45.3 Å². The van der Waals surface area contributed by atoms with Crippen molar-refractivity contribution in [3.05, 3.63) is 18.0 Å². The standard InChI is InChI=1S/C20H36N6O/c1-18-6-5-10-24(16-18)9-4-3-8-22-20(21-2)26-13-11-25(12-14-26)17-19-7-15-27-23-19/h7,15,18H,3-6,8-14,16-17H2,1-2H3,(H,21,22). The van der Waals surface area contributed by atoms with Crippen LogP contribution in [-0.2, 0) is 6.54 Å². The van der Waals surface area contributed by atoms with Crippen molar-refractivity contribution in [2.75, 3.05) is 59.4 Å². The molecule has 2 fully saturated rings. The van der Waals surface area contributed by atoms with E-state index in [1.54, 1.807) is 6.26 Å². The third kappa shape index (κ3) is 6.50. The quantitative estimate of drug-likeness (QED) is 0.445. The lowest BCUT2D eigenvalue weighted by Crippen LogP contribution is -2.52. The number of piperidine rings is 1. The van der Waals surface area contributed by atoms with Crippen LogP contribution in [0.4, 0.5) is 0 Å². The largest absolute Gasteiger partial charge is 0.364 e. The number of hydrogen-bond donors (Lipinski definition) is 1. The van der Waals surface area contributed by atoms with Crippen LogP contribution in [-0.4, -0.2) is 85.2 Å². The Morgan fingerprint density at radius 2 is 2.07 bits per heavy atom. The summed E-state index contributed by atoms with van der Waals surface area (Å²) in [4.78, 5) is 11.9. The van der Waals surface area contributed by atoms with Gasteiger partial charge in [-0.15, -0.1) is 0 Å². The Bertz CT molecular complexity index is 553. The molecule has 2 aliphatic rings. The molecule has 27 heavy (non-hydrogen) atoms. The van der Waals surface area contributed by atoms with Gasteiger partial charge in [-0.2, -0.15) is 0 Å². The number of nitrogens with one attached hydrogen (secondary N) is 1. The monoisotopic (exact) mass is 376 g/mol. The Morgan fingerprint density at radius 3 is 2.78 bits per heavy atom. The average Bonchev–Trinajstić information content (AvgIpc) is 3.19. The zero-order valence-electron chi connectivity index (χ0n) is 17.1. The summed E-state index contributed by atoms with van der Waals surface area (Å²) < 4.78 is 4.92. The molecule has 0 aliphatic carbocycles. The molecule has 2 aliphatic heterocycles. The topological polar surface area (TPSA) is 60.1 Å². The Hall–Kier alpha value is -1.60. The molecule has 2 saturated heterocycles. The molecule has 0 radical (unpaired) electrons. The highest BCUT2D eigenvalue weighted by Gasteiger charge is 2.20. The van der Waals surface area contributed by atoms with Crippen LogP contribution in [0.15, 0.2) is 21.8 Å². The van der Waals surface area contributed by atoms with Gasteiger partial charge in [0.25, 0.3) is 0 Å². The van der Waals surface area contributed by atoms with Gasteiger partial charge in [-0.1, -0.05) is 12.1 Å². The molecule has 1 N–H and O–H groups in total. The number of likely N-dealkylation sites (tertiary alicyclic amines) is 1. The number of aliphatic imine (C=N–C) groups is 1. The van der Waals surface area contributed by atoms with Gasteiger partial charge in [-0.25, -0.2) is 0 Å². The minimum Gasteiger partial charge on any atom is -0.364 e. The zero-order chi connectivity index (χ0) is 18.9. The Balaban J connectivity index is 1.29. The molecular formula is C20H36N6O. The highest BCUT2D eigenvalue weighted by atomic mass is 16.5. The summed E-state index contributed by atoms with van der Waals surface area (Å²) in [6, 6.07) is 1.94. The second kappa shape index (κ2) is 10.7. The fraction of sp³-hybridized carbons (Fsp3) is 0.800. The van der Waals surface area contributed by atoms with Crippen molar-refractivity contribution in [1.29, 1.82) is 0 Å². The van der Waals surface area contributed by atoms with Crippen LogP contribution in [0, 0.1) is 5.92 Å². The molecule has 152 valence electrons. The summed E-state index contributed by atoms with van der Waals surface area (Å²) in [5.41, 5.74) is 1.01. The van der Waals surface area contributed by atoms with Crippen LogP contribution in [0.25, 0.3) is 0 Å². The number of hydrogen-bond acceptors (Lipinski definition) is 5. The van der Waals surface area contributed by atoms with Crippen LogP contribution in [0.5, 0.6) is 0 Å². The average molecular weight is 377 g/mol. The fourth-order valence-corrected chi connectivity index (χ4v) is 4.15. The summed E-state index contributed by atoms with van der Waals surface area (Å²) in [6.07, 6.45) is 6.89. The van der Waals surface area contributed by atoms with E-state index >= 15 is 0 Å². The minimum atomic E-state index is 0.867. The van der Waals surface area contributed by atoms with Crippen molar-refractivity contribution in [2.24, 2.45) is 10.9 Å². The van der Waals surface area contributed by atoms with Crippen molar-refractivity contribution < 1.29 is 4.52 Å². The number of guanidine groups is 1. The second-order valence-electron chi connectivity index (χ2n) is 7.98. The molecule has 3 rings (SSSR count). The Kier molecular flexibility index (Phi) is 7.95. The molecular weight excluding hydrogens is 340 g/mol. The molecule has 0 spiro atoms. The van der Waals surface area contributed by atoms with Gasteiger partial charge in [0.1, 0.15) is 6.26 Å². The molecule has 3 heterocycles. The summed E-state index contributed by atoms with van der Waals surface area (Å²) in [5, 5.41) is 7.56. The normalized spacial score (nSPS) is 23.0. The van der Waals surface area contributed by atoms with E-state index in [-0.39, 0.29) is 0 Å². The van der Waals surface area contributed by atoms with Gasteiger partial charge in [0.05, 0.1) is 5.69 Å². The maximum atomic E-state index is 4.92. The molecule has 0 bridgehead atoms. The number of aromatic nitrogens is 1. The lowest BCUT2D eigenvalue weighted by Gasteiger charge is -2.36. The first-order valence-electron chi connectivity index (χ1n) is 10.5. The Morgan fingerprint density at radius 1 is 1.22 bits per heavy atom. The van der Waals surface area contributed by atoms with E-state index in [0.717, 1.165) is 56.8 Å². The molecule has 1 unspecified atom stereocenters. The first kappa shape index (κ1) is 20.1. The smallest absolute Gasteiger partial charge is 0.193 e. The van der Waals surface area contributed by atoms with E-state index in [2.05, 4.69) is 37.1 Å². The predicted molar refractivity (Wildman–Crippen MR) is 109 cm³/mol. The van der Waals surface area contributed by atoms with Crippen LogP contribution in [0.2, 0.25) is 0 Å². The van der Waals surface area contributed by atoms with Gasteiger partial charge >= 0.3 is 0 Å². The summed E-state index contributed by atoms with van der Waals surface area (Å²) >= 11 is 0. The van der Waals surface area contributed by atoms with Crippen molar-refractivity contribution in [3.63, 3.8) is 0 Å². The van der Waals surface area contributed by atoms with E-state index in [1.807, 2.05) is 13.1 Å². The van der Waals surface area contributed by atoms with Crippen molar-refractivity contribution in [1.82, 2.24) is 25.2 Å². The maximum Gasteiger partial charge on any atom is 0.193 e. The lowest BCUT2D eigenvalue weighted by molar-refractivity contribution is 0.168. The molecule has 0 saturated carbocycles. The highest BCUT2D eigenvalue weighted by Crippen LogP contribution is 2.15. The molecule has 1 aromatic heterocycles. The van der Waals surface area contributed by atoms with E-state index < -0.39 is 0 Å².